The van der Waals surface area contributed by atoms with Gasteiger partial charge >= 0.3 is 12.6 Å². The lowest BCUT2D eigenvalue weighted by Crippen LogP contribution is -2.50. The fourth-order valence-corrected chi connectivity index (χ4v) is 4.45. The lowest BCUT2D eigenvalue weighted by atomic mass is 10.0. The summed E-state index contributed by atoms with van der Waals surface area (Å²) in [5.41, 5.74) is 3.01. The molecule has 2 aromatic carbocycles. The van der Waals surface area contributed by atoms with E-state index in [0.29, 0.717) is 9.15 Å². The van der Waals surface area contributed by atoms with E-state index in [9.17, 15) is 31.5 Å². The van der Waals surface area contributed by atoms with E-state index in [1.807, 2.05) is 0 Å². The lowest BCUT2D eigenvalue weighted by Gasteiger charge is -2.32. The number of benzene rings is 2. The number of carbonyl (C=O) groups is 2. The molecular weight excluding hydrogens is 705 g/mol. The molecule has 0 saturated carbocycles. The maximum Gasteiger partial charge on any atom is 0.407 e. The summed E-state index contributed by atoms with van der Waals surface area (Å²) < 4.78 is 74.8. The lowest BCUT2D eigenvalue weighted by molar-refractivity contribution is 0.0404. The van der Waals surface area contributed by atoms with Crippen LogP contribution in [0.5, 0.6) is 0 Å². The van der Waals surface area contributed by atoms with Crippen LogP contribution in [0.4, 0.5) is 26.7 Å². The maximum atomic E-state index is 14.2. The van der Waals surface area contributed by atoms with Crippen LogP contribution < -0.4 is 11.1 Å². The van der Waals surface area contributed by atoms with Crippen molar-refractivity contribution < 1.29 is 36.3 Å². The summed E-state index contributed by atoms with van der Waals surface area (Å²) in [7, 11) is 0. The smallest absolute Gasteiger partial charge is 0.407 e. The number of hydrogen-bond donors (Lipinski definition) is 2. The van der Waals surface area contributed by atoms with Crippen LogP contribution in [0, 0.1) is 0 Å². The van der Waals surface area contributed by atoms with Gasteiger partial charge in [-0.25, -0.2) is 22.9 Å². The highest BCUT2D eigenvalue weighted by molar-refractivity contribution is 9.10. The largest absolute Gasteiger partial charge is 0.447 e. The van der Waals surface area contributed by atoms with Gasteiger partial charge in [0.05, 0.1) is 16.6 Å². The normalized spacial score (nSPS) is 13.2. The number of aliphatic imine (C=N–C) groups is 1. The molecule has 0 spiro atoms. The number of alkyl carbamates (subject to hydrolysis) is 1. The van der Waals surface area contributed by atoms with Crippen LogP contribution in [0.25, 0.3) is 11.4 Å². The summed E-state index contributed by atoms with van der Waals surface area (Å²) in [6.07, 6.45) is -3.34. The van der Waals surface area contributed by atoms with E-state index in [1.165, 1.54) is 44.2 Å². The summed E-state index contributed by atoms with van der Waals surface area (Å²) in [5, 5.41) is 5.58. The van der Waals surface area contributed by atoms with Gasteiger partial charge in [-0.1, -0.05) is 33.6 Å². The molecule has 10 nitrogen and oxygen atoms in total. The molecule has 0 saturated heterocycles. The molecule has 1 heterocycles. The molecule has 3 N–H and O–H groups in total. The first-order valence-corrected chi connectivity index (χ1v) is 14.9. The molecule has 0 aliphatic rings. The SMILES string of the molecule is CC(C)(F)CCN=C(N)N(C(=O)c1ccc(Br)cc1)[C@H](COC(=O)NC(C)(C)C(F)F)c1ccc(Cl)c(-c2ncnn2C(F)F)c1. The zero-order chi connectivity index (χ0) is 34.4. The number of carbonyl (C=O) groups excluding carboxylic acids is 2. The molecular formula is C29H32BrClF5N7O3. The Kier molecular flexibility index (Phi) is 12.1. The van der Waals surface area contributed by atoms with Gasteiger partial charge in [-0.2, -0.15) is 18.6 Å². The Morgan fingerprint density at radius 3 is 2.37 bits per heavy atom. The minimum atomic E-state index is -3.07. The van der Waals surface area contributed by atoms with Gasteiger partial charge in [0, 0.05) is 28.6 Å². The van der Waals surface area contributed by atoms with Gasteiger partial charge in [0.15, 0.2) is 11.8 Å². The highest BCUT2D eigenvalue weighted by atomic mass is 79.9. The molecule has 0 radical (unpaired) electrons. The zero-order valence-corrected chi connectivity index (χ0v) is 27.5. The number of rotatable bonds is 12. The zero-order valence-electron chi connectivity index (χ0n) is 25.2. The summed E-state index contributed by atoms with van der Waals surface area (Å²) in [4.78, 5) is 35.8. The fourth-order valence-electron chi connectivity index (χ4n) is 3.98. The molecule has 1 atom stereocenters. The van der Waals surface area contributed by atoms with Crippen LogP contribution in [0.2, 0.25) is 5.02 Å². The molecule has 0 bridgehead atoms. The predicted octanol–water partition coefficient (Wildman–Crippen LogP) is 7.16. The standard InChI is InChI=1S/C29H32BrClF5N7O3/c1-28(2,36)11-12-38-26(37)42(23(44)16-5-8-18(30)9-6-16)21(14-46-27(45)41-29(3,4)24(32)33)17-7-10-20(31)19(13-17)22-39-15-40-43(22)25(34)35/h5-10,13,15,21,24-25H,11-12,14H2,1-4H3,(H2,37,38)(H,41,45)/t21-/m1/s1. The van der Waals surface area contributed by atoms with Crippen LogP contribution in [0.1, 0.15) is 62.6 Å². The van der Waals surface area contributed by atoms with Gasteiger partial charge in [-0.15, -0.1) is 0 Å². The van der Waals surface area contributed by atoms with Gasteiger partial charge < -0.3 is 15.8 Å². The summed E-state index contributed by atoms with van der Waals surface area (Å²) in [5.74, 6) is -1.44. The Balaban J connectivity index is 2.17. The Labute approximate surface area is 275 Å². The third-order valence-corrected chi connectivity index (χ3v) is 7.42. The van der Waals surface area contributed by atoms with E-state index >= 15 is 0 Å². The van der Waals surface area contributed by atoms with Crippen molar-refractivity contribution in [1.29, 1.82) is 0 Å². The van der Waals surface area contributed by atoms with E-state index < -0.39 is 54.8 Å². The van der Waals surface area contributed by atoms with E-state index in [-0.39, 0.29) is 40.5 Å². The van der Waals surface area contributed by atoms with Crippen molar-refractivity contribution in [2.45, 2.75) is 64.3 Å². The molecule has 0 aliphatic carbocycles. The number of amides is 2. The van der Waals surface area contributed by atoms with Crippen molar-refractivity contribution in [2.24, 2.45) is 10.7 Å². The van der Waals surface area contributed by atoms with Gasteiger partial charge in [0.25, 0.3) is 12.3 Å². The van der Waals surface area contributed by atoms with Crippen molar-refractivity contribution in [3.63, 3.8) is 0 Å². The number of nitrogens with two attached hydrogens (primary N) is 1. The van der Waals surface area contributed by atoms with E-state index in [1.54, 1.807) is 12.1 Å². The maximum absolute atomic E-state index is 14.2. The minimum Gasteiger partial charge on any atom is -0.447 e. The molecule has 250 valence electrons. The highest BCUT2D eigenvalue weighted by Crippen LogP contribution is 2.34. The van der Waals surface area contributed by atoms with Crippen molar-refractivity contribution in [3.8, 4) is 11.4 Å². The molecule has 3 aromatic rings. The predicted molar refractivity (Wildman–Crippen MR) is 166 cm³/mol. The second-order valence-electron chi connectivity index (χ2n) is 11.2. The van der Waals surface area contributed by atoms with E-state index in [4.69, 9.17) is 22.1 Å². The van der Waals surface area contributed by atoms with E-state index in [2.05, 4.69) is 36.3 Å². The summed E-state index contributed by atoms with van der Waals surface area (Å²) in [6.45, 7) is 0.958. The van der Waals surface area contributed by atoms with Crippen molar-refractivity contribution >= 4 is 45.5 Å². The third-order valence-electron chi connectivity index (χ3n) is 6.56. The van der Waals surface area contributed by atoms with Gasteiger partial charge in [-0.3, -0.25) is 14.7 Å². The van der Waals surface area contributed by atoms with Crippen LogP contribution in [-0.4, -0.2) is 68.4 Å². The second kappa shape index (κ2) is 15.2. The number of nitrogens with zero attached hydrogens (tertiary/aromatic N) is 5. The molecule has 0 fully saturated rings. The van der Waals surface area contributed by atoms with Crippen molar-refractivity contribution in [2.75, 3.05) is 13.2 Å². The first-order chi connectivity index (χ1) is 21.4. The molecule has 3 rings (SSSR count). The molecule has 0 aliphatic heterocycles. The molecule has 2 amide bonds. The molecule has 1 aromatic heterocycles. The molecule has 17 heteroatoms. The Morgan fingerprint density at radius 1 is 1.13 bits per heavy atom. The van der Waals surface area contributed by atoms with Crippen LogP contribution in [-0.2, 0) is 4.74 Å². The average molecular weight is 737 g/mol. The Bertz CT molecular complexity index is 1550. The number of aromatic nitrogens is 3. The van der Waals surface area contributed by atoms with Gasteiger partial charge in [0.1, 0.15) is 18.6 Å². The Morgan fingerprint density at radius 2 is 1.78 bits per heavy atom. The van der Waals surface area contributed by atoms with E-state index in [0.717, 1.165) is 25.1 Å². The first-order valence-electron chi connectivity index (χ1n) is 13.7. The number of hydrogen-bond acceptors (Lipinski definition) is 6. The summed E-state index contributed by atoms with van der Waals surface area (Å²) >= 11 is 9.66. The highest BCUT2D eigenvalue weighted by Gasteiger charge is 2.35. The number of halogens is 7. The third kappa shape index (κ3) is 9.61. The van der Waals surface area contributed by atoms with Gasteiger partial charge in [-0.05, 0) is 69.7 Å². The first kappa shape index (κ1) is 36.7. The van der Waals surface area contributed by atoms with Crippen LogP contribution in [0.15, 0.2) is 58.3 Å². The van der Waals surface area contributed by atoms with Gasteiger partial charge in [0.2, 0.25) is 0 Å². The number of ether oxygens (including phenoxy) is 1. The Hall–Kier alpha value is -3.79. The van der Waals surface area contributed by atoms with Crippen molar-refractivity contribution in [1.82, 2.24) is 25.0 Å². The topological polar surface area (TPSA) is 128 Å². The fraction of sp³-hybridized carbons (Fsp3) is 0.414. The minimum absolute atomic E-state index is 0.00709. The number of guanidine groups is 1. The number of nitrogens with one attached hydrogen (secondary N) is 1. The van der Waals surface area contributed by atoms with Crippen molar-refractivity contribution in [3.05, 3.63) is 69.4 Å². The quantitative estimate of drug-likeness (QED) is 0.115. The van der Waals surface area contributed by atoms with Crippen LogP contribution in [0.3, 0.4) is 0 Å². The average Bonchev–Trinajstić information content (AvgIpc) is 3.45. The second-order valence-corrected chi connectivity index (χ2v) is 12.5. The summed E-state index contributed by atoms with van der Waals surface area (Å²) in [6, 6.07) is 8.88. The number of alkyl halides is 5. The molecule has 46 heavy (non-hydrogen) atoms. The monoisotopic (exact) mass is 735 g/mol. The molecule has 0 unspecified atom stereocenters. The van der Waals surface area contributed by atoms with Crippen LogP contribution >= 0.6 is 27.5 Å².